The summed E-state index contributed by atoms with van der Waals surface area (Å²) in [6, 6.07) is 6.99. The summed E-state index contributed by atoms with van der Waals surface area (Å²) in [5, 5.41) is 17.2. The van der Waals surface area contributed by atoms with Crippen molar-refractivity contribution in [3.8, 4) is 0 Å². The van der Waals surface area contributed by atoms with Crippen LogP contribution in [-0.2, 0) is 22.7 Å². The first kappa shape index (κ1) is 13.5. The molecule has 4 N–H and O–H groups in total. The van der Waals surface area contributed by atoms with Gasteiger partial charge in [-0.3, -0.25) is 14.9 Å². The molecule has 1 aromatic carbocycles. The van der Waals surface area contributed by atoms with Gasteiger partial charge in [0.2, 0.25) is 11.8 Å². The quantitative estimate of drug-likeness (QED) is 0.554. The molecule has 102 valence electrons. The van der Waals surface area contributed by atoms with Gasteiger partial charge >= 0.3 is 0 Å². The largest absolute Gasteiger partial charge is 0.392 e. The number of piperazine rings is 1. The van der Waals surface area contributed by atoms with Crippen LogP contribution in [0.25, 0.3) is 0 Å². The SMILES string of the molecule is O=C1CNC(C(=O)NCc2ccc(CO)cc2)CN1. The van der Waals surface area contributed by atoms with Crippen LogP contribution in [0.1, 0.15) is 11.1 Å². The fraction of sp³-hybridized carbons (Fsp3) is 0.385. The maximum absolute atomic E-state index is 11.8. The van der Waals surface area contributed by atoms with E-state index in [-0.39, 0.29) is 31.0 Å². The number of aliphatic hydroxyl groups excluding tert-OH is 1. The average Bonchev–Trinajstić information content (AvgIpc) is 2.46. The minimum absolute atomic E-state index is 0.0122. The van der Waals surface area contributed by atoms with Crippen molar-refractivity contribution in [2.75, 3.05) is 13.1 Å². The molecule has 1 saturated heterocycles. The van der Waals surface area contributed by atoms with Crippen molar-refractivity contribution in [2.24, 2.45) is 0 Å². The van der Waals surface area contributed by atoms with Gasteiger partial charge in [0.1, 0.15) is 6.04 Å². The number of hydrogen-bond acceptors (Lipinski definition) is 4. The molecule has 19 heavy (non-hydrogen) atoms. The van der Waals surface area contributed by atoms with Gasteiger partial charge in [0.25, 0.3) is 0 Å². The van der Waals surface area contributed by atoms with E-state index in [2.05, 4.69) is 16.0 Å². The summed E-state index contributed by atoms with van der Waals surface area (Å²) in [7, 11) is 0. The molecule has 1 unspecified atom stereocenters. The second kappa shape index (κ2) is 6.31. The van der Waals surface area contributed by atoms with Gasteiger partial charge in [-0.2, -0.15) is 0 Å². The summed E-state index contributed by atoms with van der Waals surface area (Å²) in [5.41, 5.74) is 1.80. The summed E-state index contributed by atoms with van der Waals surface area (Å²) < 4.78 is 0. The summed E-state index contributed by atoms with van der Waals surface area (Å²) in [6.45, 7) is 0.923. The molecule has 0 aliphatic carbocycles. The van der Waals surface area contributed by atoms with Crippen molar-refractivity contribution in [2.45, 2.75) is 19.2 Å². The van der Waals surface area contributed by atoms with E-state index in [4.69, 9.17) is 5.11 Å². The Bertz CT molecular complexity index is 449. The highest BCUT2D eigenvalue weighted by Gasteiger charge is 2.23. The Morgan fingerprint density at radius 2 is 2.00 bits per heavy atom. The first-order chi connectivity index (χ1) is 9.19. The van der Waals surface area contributed by atoms with Gasteiger partial charge < -0.3 is 15.7 Å². The van der Waals surface area contributed by atoms with Crippen molar-refractivity contribution in [3.05, 3.63) is 35.4 Å². The third kappa shape index (κ3) is 3.77. The summed E-state index contributed by atoms with van der Waals surface area (Å²) >= 11 is 0. The van der Waals surface area contributed by atoms with Crippen molar-refractivity contribution >= 4 is 11.8 Å². The standard InChI is InChI=1S/C13H17N3O3/c17-8-10-3-1-9(2-4-10)5-16-13(19)11-6-15-12(18)7-14-11/h1-4,11,14,17H,5-8H2,(H,15,18)(H,16,19). The van der Waals surface area contributed by atoms with Gasteiger partial charge in [0.15, 0.2) is 0 Å². The lowest BCUT2D eigenvalue weighted by atomic mass is 10.1. The molecule has 6 nitrogen and oxygen atoms in total. The smallest absolute Gasteiger partial charge is 0.239 e. The molecule has 0 spiro atoms. The predicted octanol–water partition coefficient (Wildman–Crippen LogP) is -1.12. The van der Waals surface area contributed by atoms with Crippen molar-refractivity contribution < 1.29 is 14.7 Å². The fourth-order valence-corrected chi connectivity index (χ4v) is 1.83. The Labute approximate surface area is 111 Å². The molecule has 2 rings (SSSR count). The minimum Gasteiger partial charge on any atom is -0.392 e. The normalized spacial score (nSPS) is 18.8. The molecular formula is C13H17N3O3. The van der Waals surface area contributed by atoms with E-state index in [1.807, 2.05) is 24.3 Å². The van der Waals surface area contributed by atoms with Crippen LogP contribution in [-0.4, -0.2) is 36.1 Å². The van der Waals surface area contributed by atoms with Gasteiger partial charge in [-0.25, -0.2) is 0 Å². The van der Waals surface area contributed by atoms with Crippen LogP contribution >= 0.6 is 0 Å². The van der Waals surface area contributed by atoms with Crippen LogP contribution in [0.15, 0.2) is 24.3 Å². The lowest BCUT2D eigenvalue weighted by Crippen LogP contribution is -2.57. The fourth-order valence-electron chi connectivity index (χ4n) is 1.83. The van der Waals surface area contributed by atoms with Crippen LogP contribution in [0.4, 0.5) is 0 Å². The second-order valence-corrected chi connectivity index (χ2v) is 4.43. The molecule has 0 aromatic heterocycles. The Balaban J connectivity index is 1.80. The Morgan fingerprint density at radius 3 is 2.58 bits per heavy atom. The molecule has 1 aliphatic rings. The van der Waals surface area contributed by atoms with Gasteiger partial charge in [-0.05, 0) is 11.1 Å². The third-order valence-corrected chi connectivity index (χ3v) is 3.00. The van der Waals surface area contributed by atoms with Gasteiger partial charge in [0.05, 0.1) is 13.2 Å². The first-order valence-corrected chi connectivity index (χ1v) is 6.15. The summed E-state index contributed by atoms with van der Waals surface area (Å²) in [4.78, 5) is 22.8. The van der Waals surface area contributed by atoms with Crippen molar-refractivity contribution in [3.63, 3.8) is 0 Å². The minimum atomic E-state index is -0.380. The molecule has 6 heteroatoms. The summed E-state index contributed by atoms with van der Waals surface area (Å²) in [6.07, 6.45) is 0. The van der Waals surface area contributed by atoms with Crippen LogP contribution in [0, 0.1) is 0 Å². The monoisotopic (exact) mass is 263 g/mol. The Hall–Kier alpha value is -1.92. The van der Waals surface area contributed by atoms with Crippen molar-refractivity contribution in [1.82, 2.24) is 16.0 Å². The second-order valence-electron chi connectivity index (χ2n) is 4.43. The van der Waals surface area contributed by atoms with Gasteiger partial charge in [0, 0.05) is 13.1 Å². The summed E-state index contributed by atoms with van der Waals surface area (Å²) in [5.74, 6) is -0.227. The number of carbonyl (C=O) groups is 2. The maximum atomic E-state index is 11.8. The average molecular weight is 263 g/mol. The van der Waals surface area contributed by atoms with Gasteiger partial charge in [-0.15, -0.1) is 0 Å². The molecule has 1 aromatic rings. The molecule has 0 radical (unpaired) electrons. The maximum Gasteiger partial charge on any atom is 0.239 e. The number of benzene rings is 1. The Kier molecular flexibility index (Phi) is 4.48. The number of hydrogen-bond donors (Lipinski definition) is 4. The predicted molar refractivity (Wildman–Crippen MR) is 69.0 cm³/mol. The lowest BCUT2D eigenvalue weighted by Gasteiger charge is -2.23. The zero-order chi connectivity index (χ0) is 13.7. The van der Waals surface area contributed by atoms with Crippen molar-refractivity contribution in [1.29, 1.82) is 0 Å². The van der Waals surface area contributed by atoms with E-state index >= 15 is 0 Å². The van der Waals surface area contributed by atoms with E-state index in [0.29, 0.717) is 13.1 Å². The topological polar surface area (TPSA) is 90.5 Å². The molecule has 1 aliphatic heterocycles. The zero-order valence-electron chi connectivity index (χ0n) is 10.5. The number of amides is 2. The van der Waals surface area contributed by atoms with E-state index in [1.165, 1.54) is 0 Å². The highest BCUT2D eigenvalue weighted by atomic mass is 16.3. The van der Waals surface area contributed by atoms with Crippen LogP contribution in [0.5, 0.6) is 0 Å². The van der Waals surface area contributed by atoms with E-state index in [9.17, 15) is 9.59 Å². The van der Waals surface area contributed by atoms with Gasteiger partial charge in [-0.1, -0.05) is 24.3 Å². The molecule has 1 heterocycles. The zero-order valence-corrected chi connectivity index (χ0v) is 10.5. The number of aliphatic hydroxyl groups is 1. The number of nitrogens with one attached hydrogen (secondary N) is 3. The van der Waals surface area contributed by atoms with Crippen LogP contribution < -0.4 is 16.0 Å². The van der Waals surface area contributed by atoms with E-state index in [0.717, 1.165) is 11.1 Å². The lowest BCUT2D eigenvalue weighted by molar-refractivity contribution is -0.126. The number of carbonyl (C=O) groups excluding carboxylic acids is 2. The van der Waals surface area contributed by atoms with Crippen LogP contribution in [0.3, 0.4) is 0 Å². The highest BCUT2D eigenvalue weighted by Crippen LogP contribution is 2.04. The molecule has 1 fully saturated rings. The molecule has 1 atom stereocenters. The Morgan fingerprint density at radius 1 is 1.32 bits per heavy atom. The van der Waals surface area contributed by atoms with E-state index in [1.54, 1.807) is 0 Å². The molecule has 0 saturated carbocycles. The van der Waals surface area contributed by atoms with E-state index < -0.39 is 0 Å². The molecule has 0 bridgehead atoms. The van der Waals surface area contributed by atoms with Crippen LogP contribution in [0.2, 0.25) is 0 Å². The first-order valence-electron chi connectivity index (χ1n) is 6.15. The highest BCUT2D eigenvalue weighted by molar-refractivity contribution is 5.86. The molecule has 2 amide bonds. The number of rotatable bonds is 4. The third-order valence-electron chi connectivity index (χ3n) is 3.00. The molecular weight excluding hydrogens is 246 g/mol.